The van der Waals surface area contributed by atoms with E-state index in [4.69, 9.17) is 13.7 Å². The number of unbranched alkanes of at least 4 members (excludes halogenated alkanes) is 1. The predicted molar refractivity (Wildman–Crippen MR) is 123 cm³/mol. The molecule has 7 nitrogen and oxygen atoms in total. The minimum Gasteiger partial charge on any atom is -0.489 e. The summed E-state index contributed by atoms with van der Waals surface area (Å²) in [6, 6.07) is 15.8. The molecule has 0 unspecified atom stereocenters. The van der Waals surface area contributed by atoms with E-state index in [0.29, 0.717) is 6.61 Å². The Morgan fingerprint density at radius 1 is 1.16 bits per heavy atom. The maximum Gasteiger partial charge on any atom is 0.440 e. The zero-order chi connectivity index (χ0) is 22.5. The Balaban J connectivity index is 1.51. The van der Waals surface area contributed by atoms with Gasteiger partial charge in [-0.05, 0) is 42.7 Å². The van der Waals surface area contributed by atoms with Crippen molar-refractivity contribution in [2.45, 2.75) is 46.3 Å². The highest BCUT2D eigenvalue weighted by molar-refractivity contribution is 5.82. The fourth-order valence-electron chi connectivity index (χ4n) is 3.61. The molecular formula is C25H26N2O5. The molecule has 2 heterocycles. The molecule has 4 aromatic rings. The van der Waals surface area contributed by atoms with Gasteiger partial charge in [-0.3, -0.25) is 0 Å². The smallest absolute Gasteiger partial charge is 0.440 e. The van der Waals surface area contributed by atoms with Gasteiger partial charge in [0.2, 0.25) is 0 Å². The molecule has 0 aliphatic rings. The topological polar surface area (TPSA) is 90.4 Å². The van der Waals surface area contributed by atoms with Gasteiger partial charge in [-0.25, -0.2) is 14.6 Å². The molecule has 0 amide bonds. The molecule has 0 saturated heterocycles. The summed E-state index contributed by atoms with van der Waals surface area (Å²) in [5.41, 5.74) is 3.30. The number of allylic oxidation sites excluding steroid dienone is 2. The molecule has 4 rings (SSSR count). The monoisotopic (exact) mass is 434 g/mol. The normalized spacial score (nSPS) is 11.9. The third-order valence-corrected chi connectivity index (χ3v) is 5.40. The predicted octanol–water partition coefficient (Wildman–Crippen LogP) is 4.90. The van der Waals surface area contributed by atoms with Crippen molar-refractivity contribution in [1.82, 2.24) is 9.72 Å². The molecule has 1 N–H and O–H groups in total. The van der Waals surface area contributed by atoms with Crippen LogP contribution in [0.4, 0.5) is 0 Å². The van der Waals surface area contributed by atoms with Gasteiger partial charge in [0.1, 0.15) is 23.7 Å². The van der Waals surface area contributed by atoms with Gasteiger partial charge in [0.25, 0.3) is 0 Å². The Morgan fingerprint density at radius 3 is 2.78 bits per heavy atom. The van der Waals surface area contributed by atoms with Crippen molar-refractivity contribution in [3.8, 4) is 5.75 Å². The number of furan rings is 1. The average molecular weight is 434 g/mol. The summed E-state index contributed by atoms with van der Waals surface area (Å²) in [4.78, 5) is 24.8. The Labute approximate surface area is 184 Å². The van der Waals surface area contributed by atoms with Crippen LogP contribution >= 0.6 is 0 Å². The fraction of sp³-hybridized carbons (Fsp3) is 0.280. The van der Waals surface area contributed by atoms with Gasteiger partial charge in [-0.1, -0.05) is 49.8 Å². The van der Waals surface area contributed by atoms with E-state index in [9.17, 15) is 9.59 Å². The van der Waals surface area contributed by atoms with E-state index < -0.39 is 11.4 Å². The lowest BCUT2D eigenvalue weighted by atomic mass is 10.1. The van der Waals surface area contributed by atoms with Crippen molar-refractivity contribution in [1.29, 1.82) is 0 Å². The SMILES string of the molecule is CCCCc1oc2ccccc2c1COc1cccc(/C(C)=C/Cn2oc(=O)[nH]c2=O)c1. The summed E-state index contributed by atoms with van der Waals surface area (Å²) in [5, 5.41) is 1.09. The summed E-state index contributed by atoms with van der Waals surface area (Å²) in [7, 11) is 0. The molecule has 0 aliphatic heterocycles. The Morgan fingerprint density at radius 2 is 2.00 bits per heavy atom. The summed E-state index contributed by atoms with van der Waals surface area (Å²) in [6.45, 7) is 4.68. The maximum atomic E-state index is 11.6. The molecule has 0 aliphatic carbocycles. The van der Waals surface area contributed by atoms with Crippen LogP contribution in [0.2, 0.25) is 0 Å². The van der Waals surface area contributed by atoms with Crippen LogP contribution in [0.25, 0.3) is 16.5 Å². The highest BCUT2D eigenvalue weighted by Gasteiger charge is 2.14. The molecule has 0 atom stereocenters. The summed E-state index contributed by atoms with van der Waals surface area (Å²) in [5.74, 6) is 0.965. The number of H-pyrrole nitrogens is 1. The highest BCUT2D eigenvalue weighted by Crippen LogP contribution is 2.29. The van der Waals surface area contributed by atoms with Crippen molar-refractivity contribution in [2.75, 3.05) is 0 Å². The third kappa shape index (κ3) is 4.77. The van der Waals surface area contributed by atoms with Crippen LogP contribution in [0, 0.1) is 0 Å². The van der Waals surface area contributed by atoms with Crippen LogP contribution in [0.15, 0.2) is 73.1 Å². The average Bonchev–Trinajstić information content (AvgIpc) is 3.32. The number of rotatable bonds is 9. The fourth-order valence-corrected chi connectivity index (χ4v) is 3.61. The molecule has 7 heteroatoms. The third-order valence-electron chi connectivity index (χ3n) is 5.40. The first-order valence-electron chi connectivity index (χ1n) is 10.7. The summed E-state index contributed by atoms with van der Waals surface area (Å²) < 4.78 is 18.0. The van der Waals surface area contributed by atoms with Crippen molar-refractivity contribution in [3.63, 3.8) is 0 Å². The van der Waals surface area contributed by atoms with Crippen molar-refractivity contribution >= 4 is 16.5 Å². The van der Waals surface area contributed by atoms with E-state index in [1.165, 1.54) is 0 Å². The number of hydrogen-bond acceptors (Lipinski definition) is 5. The van der Waals surface area contributed by atoms with Gasteiger partial charge in [0.15, 0.2) is 0 Å². The standard InChI is InChI=1S/C25H26N2O5/c1-3-4-11-23-21(20-10-5-6-12-22(20)31-23)16-30-19-9-7-8-18(15-19)17(2)13-14-27-24(28)26-25(29)32-27/h5-10,12-13,15H,3-4,11,14,16H2,1-2H3,(H,26,28,29)/b17-13+. The van der Waals surface area contributed by atoms with Crippen LogP contribution in [-0.4, -0.2) is 9.72 Å². The zero-order valence-corrected chi connectivity index (χ0v) is 18.2. The first kappa shape index (κ1) is 21.5. The van der Waals surface area contributed by atoms with Crippen LogP contribution in [0.3, 0.4) is 0 Å². The molecule has 0 fully saturated rings. The Kier molecular flexibility index (Phi) is 6.44. The highest BCUT2D eigenvalue weighted by atomic mass is 16.5. The second kappa shape index (κ2) is 9.60. The van der Waals surface area contributed by atoms with Gasteiger partial charge in [0, 0.05) is 17.4 Å². The van der Waals surface area contributed by atoms with Gasteiger partial charge in [-0.15, -0.1) is 4.74 Å². The van der Waals surface area contributed by atoms with Gasteiger partial charge < -0.3 is 13.7 Å². The maximum absolute atomic E-state index is 11.6. The molecule has 0 spiro atoms. The zero-order valence-electron chi connectivity index (χ0n) is 18.2. The van der Waals surface area contributed by atoms with E-state index in [1.807, 2.05) is 55.5 Å². The van der Waals surface area contributed by atoms with Crippen LogP contribution < -0.4 is 16.2 Å². The number of nitrogens with zero attached hydrogens (tertiary/aromatic N) is 1. The minimum atomic E-state index is -0.762. The minimum absolute atomic E-state index is 0.163. The molecular weight excluding hydrogens is 408 g/mol. The number of aryl methyl sites for hydroxylation is 1. The summed E-state index contributed by atoms with van der Waals surface area (Å²) in [6.07, 6.45) is 4.88. The van der Waals surface area contributed by atoms with E-state index in [1.54, 1.807) is 0 Å². The number of aromatic nitrogens is 2. The number of ether oxygens (including phenoxy) is 1. The molecule has 0 saturated carbocycles. The molecule has 2 aromatic carbocycles. The Hall–Kier alpha value is -3.74. The van der Waals surface area contributed by atoms with Gasteiger partial charge in [0.05, 0.1) is 6.54 Å². The summed E-state index contributed by atoms with van der Waals surface area (Å²) >= 11 is 0. The number of benzene rings is 2. The number of hydrogen-bond donors (Lipinski definition) is 1. The number of aromatic amines is 1. The lowest BCUT2D eigenvalue weighted by Gasteiger charge is -2.09. The van der Waals surface area contributed by atoms with Crippen LogP contribution in [0.5, 0.6) is 5.75 Å². The Bertz CT molecular complexity index is 1350. The van der Waals surface area contributed by atoms with E-state index in [2.05, 4.69) is 18.0 Å². The van der Waals surface area contributed by atoms with E-state index >= 15 is 0 Å². The van der Waals surface area contributed by atoms with Gasteiger partial charge in [-0.2, -0.15) is 0 Å². The van der Waals surface area contributed by atoms with Gasteiger partial charge >= 0.3 is 11.4 Å². The molecule has 32 heavy (non-hydrogen) atoms. The van der Waals surface area contributed by atoms with Crippen molar-refractivity contribution in [3.05, 3.63) is 92.5 Å². The van der Waals surface area contributed by atoms with Crippen LogP contribution in [-0.2, 0) is 19.6 Å². The molecule has 2 aromatic heterocycles. The number of nitrogens with one attached hydrogen (secondary N) is 1. The lowest BCUT2D eigenvalue weighted by molar-refractivity contribution is 0.261. The molecule has 0 bridgehead atoms. The molecule has 166 valence electrons. The first-order chi connectivity index (χ1) is 15.5. The van der Waals surface area contributed by atoms with Crippen molar-refractivity contribution < 1.29 is 13.7 Å². The molecule has 0 radical (unpaired) electrons. The van der Waals surface area contributed by atoms with E-state index in [0.717, 1.165) is 63.2 Å². The lowest BCUT2D eigenvalue weighted by Crippen LogP contribution is -2.15. The van der Waals surface area contributed by atoms with Crippen LogP contribution in [0.1, 0.15) is 43.6 Å². The number of fused-ring (bicyclic) bond motifs is 1. The van der Waals surface area contributed by atoms with E-state index in [-0.39, 0.29) is 6.54 Å². The number of para-hydroxylation sites is 1. The largest absolute Gasteiger partial charge is 0.489 e. The second-order valence-electron chi connectivity index (χ2n) is 7.68. The second-order valence-corrected chi connectivity index (χ2v) is 7.68. The quantitative estimate of drug-likeness (QED) is 0.405. The first-order valence-corrected chi connectivity index (χ1v) is 10.7. The van der Waals surface area contributed by atoms with Crippen molar-refractivity contribution in [2.24, 2.45) is 0 Å².